The number of fused-ring (bicyclic) bond motifs is 1. The third kappa shape index (κ3) is 3.46. The third-order valence-corrected chi connectivity index (χ3v) is 6.36. The van der Waals surface area contributed by atoms with Crippen LogP contribution in [0.1, 0.15) is 19.0 Å². The van der Waals surface area contributed by atoms with Gasteiger partial charge in [0.15, 0.2) is 0 Å². The molecule has 2 aromatic rings. The first-order valence-electron chi connectivity index (χ1n) is 6.66. The van der Waals surface area contributed by atoms with Crippen LogP contribution in [0.5, 0.6) is 0 Å². The fourth-order valence-corrected chi connectivity index (χ4v) is 4.48. The molecule has 0 bridgehead atoms. The van der Waals surface area contributed by atoms with Gasteiger partial charge in [0.05, 0.1) is 25.9 Å². The second-order valence-electron chi connectivity index (χ2n) is 5.93. The molecule has 0 aliphatic carbocycles. The summed E-state index contributed by atoms with van der Waals surface area (Å²) in [5, 5.41) is 8.56. The van der Waals surface area contributed by atoms with Gasteiger partial charge in [0.1, 0.15) is 0 Å². The maximum Gasteiger partial charge on any atom is 0.0958 e. The molecule has 1 heterocycles. The van der Waals surface area contributed by atoms with E-state index in [0.29, 0.717) is 12.3 Å². The summed E-state index contributed by atoms with van der Waals surface area (Å²) >= 11 is 3.50. The predicted octanol–water partition coefficient (Wildman–Crippen LogP) is 4.50. The van der Waals surface area contributed by atoms with Gasteiger partial charge in [0.2, 0.25) is 0 Å². The molecule has 3 nitrogen and oxygen atoms in total. The van der Waals surface area contributed by atoms with Gasteiger partial charge in [-0.2, -0.15) is 5.10 Å². The number of nitrogens with one attached hydrogen (secondary N) is 1. The van der Waals surface area contributed by atoms with Gasteiger partial charge in [-0.1, -0.05) is 42.5 Å². The standard InChI is InChI=1S/C14H21BrN2OSi/c1-5-14(19(2,3)4)18-9-13-11-8-10(15)6-7-12(11)16-17-13/h6-8,14H,5,9H2,1-4H3,(H,16,17). The molecule has 0 radical (unpaired) electrons. The second-order valence-corrected chi connectivity index (χ2v) is 12.2. The zero-order chi connectivity index (χ0) is 14.0. The Balaban J connectivity index is 2.15. The fraction of sp³-hybridized carbons (Fsp3) is 0.500. The minimum Gasteiger partial charge on any atom is -0.375 e. The number of hydrogen-bond acceptors (Lipinski definition) is 2. The average molecular weight is 341 g/mol. The predicted molar refractivity (Wildman–Crippen MR) is 86.0 cm³/mol. The van der Waals surface area contributed by atoms with Crippen LogP contribution in [0.25, 0.3) is 10.9 Å². The van der Waals surface area contributed by atoms with Crippen molar-refractivity contribution in [3.8, 4) is 0 Å². The zero-order valence-corrected chi connectivity index (χ0v) is 14.5. The summed E-state index contributed by atoms with van der Waals surface area (Å²) in [6, 6.07) is 6.14. The van der Waals surface area contributed by atoms with Crippen LogP contribution in [0, 0.1) is 0 Å². The van der Waals surface area contributed by atoms with E-state index in [9.17, 15) is 0 Å². The third-order valence-electron chi connectivity index (χ3n) is 3.36. The van der Waals surface area contributed by atoms with Crippen molar-refractivity contribution in [3.63, 3.8) is 0 Å². The van der Waals surface area contributed by atoms with E-state index >= 15 is 0 Å². The largest absolute Gasteiger partial charge is 0.375 e. The molecule has 1 aromatic carbocycles. The number of halogens is 1. The maximum atomic E-state index is 6.11. The van der Waals surface area contributed by atoms with Gasteiger partial charge in [0, 0.05) is 15.6 Å². The lowest BCUT2D eigenvalue weighted by atomic mass is 10.2. The van der Waals surface area contributed by atoms with Crippen molar-refractivity contribution in [2.45, 2.75) is 45.3 Å². The number of rotatable bonds is 5. The van der Waals surface area contributed by atoms with Crippen molar-refractivity contribution < 1.29 is 4.74 Å². The molecule has 5 heteroatoms. The van der Waals surface area contributed by atoms with Gasteiger partial charge in [-0.15, -0.1) is 0 Å². The van der Waals surface area contributed by atoms with Gasteiger partial charge in [-0.05, 0) is 24.6 Å². The minimum atomic E-state index is -1.27. The first-order chi connectivity index (χ1) is 8.91. The van der Waals surface area contributed by atoms with Gasteiger partial charge < -0.3 is 4.74 Å². The summed E-state index contributed by atoms with van der Waals surface area (Å²) in [6.07, 6.45) is 1.07. The molecule has 1 atom stereocenters. The highest BCUT2D eigenvalue weighted by Crippen LogP contribution is 2.23. The maximum absolute atomic E-state index is 6.11. The Hall–Kier alpha value is -0.653. The SMILES string of the molecule is CCC(OCc1n[nH]c2ccc(Br)cc12)[Si](C)(C)C. The Bertz CT molecular complexity index is 562. The molecule has 0 spiro atoms. The first-order valence-corrected chi connectivity index (χ1v) is 11.0. The molecule has 0 amide bonds. The van der Waals surface area contributed by atoms with E-state index in [2.05, 4.69) is 58.8 Å². The van der Waals surface area contributed by atoms with Crippen molar-refractivity contribution >= 4 is 34.9 Å². The van der Waals surface area contributed by atoms with Gasteiger partial charge in [-0.25, -0.2) is 0 Å². The van der Waals surface area contributed by atoms with Crippen LogP contribution in [0.15, 0.2) is 22.7 Å². The van der Waals surface area contributed by atoms with E-state index in [1.807, 2.05) is 12.1 Å². The fourth-order valence-electron chi connectivity index (χ4n) is 2.31. The minimum absolute atomic E-state index is 0.381. The number of nitrogens with zero attached hydrogens (tertiary/aromatic N) is 1. The van der Waals surface area contributed by atoms with Crippen LogP contribution in [0.3, 0.4) is 0 Å². The average Bonchev–Trinajstić information content (AvgIpc) is 2.71. The molecular weight excluding hydrogens is 320 g/mol. The summed E-state index contributed by atoms with van der Waals surface area (Å²) in [5.74, 6) is 0. The Morgan fingerprint density at radius 2 is 2.11 bits per heavy atom. The number of ether oxygens (including phenoxy) is 1. The summed E-state index contributed by atoms with van der Waals surface area (Å²) in [4.78, 5) is 0. The summed E-state index contributed by atoms with van der Waals surface area (Å²) in [7, 11) is -1.27. The summed E-state index contributed by atoms with van der Waals surface area (Å²) in [6.45, 7) is 9.82. The van der Waals surface area contributed by atoms with Crippen molar-refractivity contribution in [2.75, 3.05) is 0 Å². The van der Waals surface area contributed by atoms with Crippen molar-refractivity contribution in [2.24, 2.45) is 0 Å². The van der Waals surface area contributed by atoms with E-state index in [1.165, 1.54) is 0 Å². The Morgan fingerprint density at radius 1 is 1.37 bits per heavy atom. The van der Waals surface area contributed by atoms with Crippen LogP contribution < -0.4 is 0 Å². The molecule has 0 saturated carbocycles. The zero-order valence-electron chi connectivity index (χ0n) is 12.0. The van der Waals surface area contributed by atoms with Gasteiger partial charge in [-0.3, -0.25) is 5.10 Å². The lowest BCUT2D eigenvalue weighted by Gasteiger charge is -2.27. The van der Waals surface area contributed by atoms with Crippen LogP contribution in [-0.4, -0.2) is 24.0 Å². The molecule has 0 aliphatic rings. The molecule has 1 unspecified atom stereocenters. The molecule has 1 N–H and O–H groups in total. The molecule has 1 aromatic heterocycles. The van der Waals surface area contributed by atoms with E-state index in [1.54, 1.807) is 0 Å². The topological polar surface area (TPSA) is 37.9 Å². The van der Waals surface area contributed by atoms with Crippen LogP contribution >= 0.6 is 15.9 Å². The van der Waals surface area contributed by atoms with Gasteiger partial charge in [0.25, 0.3) is 0 Å². The quantitative estimate of drug-likeness (QED) is 0.813. The number of H-pyrrole nitrogens is 1. The van der Waals surface area contributed by atoms with Crippen molar-refractivity contribution in [1.82, 2.24) is 10.2 Å². The molecule has 0 saturated heterocycles. The highest BCUT2D eigenvalue weighted by molar-refractivity contribution is 9.10. The smallest absolute Gasteiger partial charge is 0.0958 e. The van der Waals surface area contributed by atoms with E-state index in [4.69, 9.17) is 4.74 Å². The molecular formula is C14H21BrN2OSi. The highest BCUT2D eigenvalue weighted by atomic mass is 79.9. The number of aromatic nitrogens is 2. The lowest BCUT2D eigenvalue weighted by Crippen LogP contribution is -2.39. The Morgan fingerprint density at radius 3 is 2.74 bits per heavy atom. The monoisotopic (exact) mass is 340 g/mol. The Kier molecular flexibility index (Phi) is 4.48. The van der Waals surface area contributed by atoms with Crippen LogP contribution in [-0.2, 0) is 11.3 Å². The Labute approximate surface area is 123 Å². The van der Waals surface area contributed by atoms with Crippen LogP contribution in [0.2, 0.25) is 19.6 Å². The summed E-state index contributed by atoms with van der Waals surface area (Å²) in [5.41, 5.74) is 2.43. The molecule has 0 fully saturated rings. The number of hydrogen-bond donors (Lipinski definition) is 1. The number of benzene rings is 1. The summed E-state index contributed by atoms with van der Waals surface area (Å²) < 4.78 is 7.18. The van der Waals surface area contributed by atoms with Gasteiger partial charge >= 0.3 is 0 Å². The molecule has 19 heavy (non-hydrogen) atoms. The van der Waals surface area contributed by atoms with E-state index < -0.39 is 8.07 Å². The second kappa shape index (κ2) is 5.77. The molecule has 0 aliphatic heterocycles. The first kappa shape index (κ1) is 14.7. The number of aromatic amines is 1. The van der Waals surface area contributed by atoms with Crippen LogP contribution in [0.4, 0.5) is 0 Å². The highest BCUT2D eigenvalue weighted by Gasteiger charge is 2.26. The van der Waals surface area contributed by atoms with E-state index in [-0.39, 0.29) is 0 Å². The van der Waals surface area contributed by atoms with Crippen molar-refractivity contribution in [1.29, 1.82) is 0 Å². The molecule has 2 rings (SSSR count). The van der Waals surface area contributed by atoms with E-state index in [0.717, 1.165) is 27.5 Å². The lowest BCUT2D eigenvalue weighted by molar-refractivity contribution is 0.0823. The molecule has 104 valence electrons. The van der Waals surface area contributed by atoms with Crippen molar-refractivity contribution in [3.05, 3.63) is 28.4 Å². The normalized spacial score (nSPS) is 13.9.